The van der Waals surface area contributed by atoms with Crippen LogP contribution in [0.15, 0.2) is 18.2 Å². The quantitative estimate of drug-likeness (QED) is 0.397. The molecule has 1 saturated carbocycles. The van der Waals surface area contributed by atoms with Gasteiger partial charge in [0.1, 0.15) is 0 Å². The van der Waals surface area contributed by atoms with Gasteiger partial charge in [-0.25, -0.2) is 22.0 Å². The van der Waals surface area contributed by atoms with Gasteiger partial charge in [0.25, 0.3) is 0 Å². The standard InChI is InChI=1S/C21H18F5NO3/c22-17-13(18(23)20(25)21(26)19(17)24)8-16(28)27(12-3-1-2-4-12)9-11-5-6-14-15(7-11)30-10-29-14/h5-7,12H,1-4,8-10H2. The maximum atomic E-state index is 14.1. The number of carbonyl (C=O) groups is 1. The van der Waals surface area contributed by atoms with Crippen LogP contribution in [0.2, 0.25) is 0 Å². The topological polar surface area (TPSA) is 38.8 Å². The molecule has 0 radical (unpaired) electrons. The molecule has 1 aliphatic heterocycles. The van der Waals surface area contributed by atoms with Crippen LogP contribution in [0.4, 0.5) is 22.0 Å². The molecule has 0 atom stereocenters. The summed E-state index contributed by atoms with van der Waals surface area (Å²) in [6.07, 6.45) is 2.25. The highest BCUT2D eigenvalue weighted by Gasteiger charge is 2.31. The van der Waals surface area contributed by atoms with Gasteiger partial charge >= 0.3 is 0 Å². The van der Waals surface area contributed by atoms with E-state index in [2.05, 4.69) is 0 Å². The van der Waals surface area contributed by atoms with E-state index in [1.807, 2.05) is 0 Å². The molecule has 0 saturated heterocycles. The van der Waals surface area contributed by atoms with Crippen LogP contribution in [-0.4, -0.2) is 23.6 Å². The van der Waals surface area contributed by atoms with E-state index in [9.17, 15) is 26.7 Å². The third-order valence-electron chi connectivity index (χ3n) is 5.50. The van der Waals surface area contributed by atoms with Crippen molar-refractivity contribution < 1.29 is 36.2 Å². The Labute approximate surface area is 169 Å². The zero-order valence-electron chi connectivity index (χ0n) is 15.8. The van der Waals surface area contributed by atoms with Crippen LogP contribution in [0.5, 0.6) is 11.5 Å². The number of halogens is 5. The van der Waals surface area contributed by atoms with Crippen LogP contribution >= 0.6 is 0 Å². The summed E-state index contributed by atoms with van der Waals surface area (Å²) in [6.45, 7) is 0.208. The number of rotatable bonds is 5. The summed E-state index contributed by atoms with van der Waals surface area (Å²) in [5.41, 5.74) is -0.415. The molecule has 2 aromatic carbocycles. The number of hydrogen-bond donors (Lipinski definition) is 0. The fourth-order valence-corrected chi connectivity index (χ4v) is 3.93. The minimum absolute atomic E-state index is 0.0876. The molecular formula is C21H18F5NO3. The van der Waals surface area contributed by atoms with Gasteiger partial charge in [0, 0.05) is 18.2 Å². The highest BCUT2D eigenvalue weighted by atomic mass is 19.2. The first-order chi connectivity index (χ1) is 14.4. The number of carbonyl (C=O) groups excluding carboxylic acids is 1. The van der Waals surface area contributed by atoms with E-state index in [1.165, 1.54) is 4.90 Å². The number of fused-ring (bicyclic) bond motifs is 1. The van der Waals surface area contributed by atoms with Crippen molar-refractivity contribution >= 4 is 5.91 Å². The Hall–Kier alpha value is -2.84. The van der Waals surface area contributed by atoms with Crippen molar-refractivity contribution in [2.45, 2.75) is 44.7 Å². The van der Waals surface area contributed by atoms with Gasteiger partial charge in [0.2, 0.25) is 18.5 Å². The van der Waals surface area contributed by atoms with Gasteiger partial charge in [-0.3, -0.25) is 4.79 Å². The molecule has 2 aromatic rings. The Balaban J connectivity index is 1.61. The second-order valence-corrected chi connectivity index (χ2v) is 7.37. The summed E-state index contributed by atoms with van der Waals surface area (Å²) < 4.78 is 79.0. The minimum atomic E-state index is -2.24. The largest absolute Gasteiger partial charge is 0.454 e. The van der Waals surface area contributed by atoms with Gasteiger partial charge in [-0.1, -0.05) is 18.9 Å². The molecule has 1 aliphatic carbocycles. The fraction of sp³-hybridized carbons (Fsp3) is 0.381. The highest BCUT2D eigenvalue weighted by molar-refractivity contribution is 5.79. The minimum Gasteiger partial charge on any atom is -0.454 e. The van der Waals surface area contributed by atoms with E-state index >= 15 is 0 Å². The lowest BCUT2D eigenvalue weighted by molar-refractivity contribution is -0.133. The summed E-state index contributed by atoms with van der Waals surface area (Å²) in [5.74, 6) is -9.93. The van der Waals surface area contributed by atoms with E-state index in [-0.39, 0.29) is 19.4 Å². The van der Waals surface area contributed by atoms with Gasteiger partial charge in [-0.05, 0) is 30.5 Å². The van der Waals surface area contributed by atoms with E-state index < -0.39 is 47.0 Å². The Morgan fingerprint density at radius 2 is 1.50 bits per heavy atom. The van der Waals surface area contributed by atoms with Gasteiger partial charge in [0.05, 0.1) is 6.42 Å². The molecule has 0 aromatic heterocycles. The molecule has 9 heteroatoms. The van der Waals surface area contributed by atoms with Crippen molar-refractivity contribution in [2.24, 2.45) is 0 Å². The van der Waals surface area contributed by atoms with E-state index in [1.54, 1.807) is 18.2 Å². The second kappa shape index (κ2) is 8.12. The van der Waals surface area contributed by atoms with E-state index in [0.29, 0.717) is 29.9 Å². The lowest BCUT2D eigenvalue weighted by Gasteiger charge is -2.29. The zero-order valence-corrected chi connectivity index (χ0v) is 15.8. The van der Waals surface area contributed by atoms with Crippen LogP contribution in [0.25, 0.3) is 0 Å². The van der Waals surface area contributed by atoms with Crippen LogP contribution in [0.3, 0.4) is 0 Å². The average Bonchev–Trinajstić information content (AvgIpc) is 3.43. The molecule has 1 fully saturated rings. The van der Waals surface area contributed by atoms with Crippen LogP contribution < -0.4 is 9.47 Å². The molecule has 0 spiro atoms. The summed E-state index contributed by atoms with van der Waals surface area (Å²) in [4.78, 5) is 14.4. The highest BCUT2D eigenvalue weighted by Crippen LogP contribution is 2.34. The van der Waals surface area contributed by atoms with E-state index in [4.69, 9.17) is 9.47 Å². The summed E-state index contributed by atoms with van der Waals surface area (Å²) in [5, 5.41) is 0. The average molecular weight is 427 g/mol. The molecule has 4 nitrogen and oxygen atoms in total. The second-order valence-electron chi connectivity index (χ2n) is 7.37. The number of nitrogens with zero attached hydrogens (tertiary/aromatic N) is 1. The maximum Gasteiger partial charge on any atom is 0.231 e. The van der Waals surface area contributed by atoms with Gasteiger partial charge in [-0.15, -0.1) is 0 Å². The fourth-order valence-electron chi connectivity index (χ4n) is 3.93. The van der Waals surface area contributed by atoms with Crippen molar-refractivity contribution in [2.75, 3.05) is 6.79 Å². The smallest absolute Gasteiger partial charge is 0.231 e. The number of benzene rings is 2. The van der Waals surface area contributed by atoms with Crippen LogP contribution in [-0.2, 0) is 17.8 Å². The maximum absolute atomic E-state index is 14.1. The van der Waals surface area contributed by atoms with Gasteiger partial charge < -0.3 is 14.4 Å². The lowest BCUT2D eigenvalue weighted by Crippen LogP contribution is -2.39. The first kappa shape index (κ1) is 20.4. The van der Waals surface area contributed by atoms with Crippen molar-refractivity contribution in [3.05, 3.63) is 58.4 Å². The number of ether oxygens (including phenoxy) is 2. The van der Waals surface area contributed by atoms with Crippen LogP contribution in [0, 0.1) is 29.1 Å². The Bertz CT molecular complexity index is 962. The van der Waals surface area contributed by atoms with Crippen molar-refractivity contribution in [3.8, 4) is 11.5 Å². The first-order valence-corrected chi connectivity index (χ1v) is 9.55. The van der Waals surface area contributed by atoms with Crippen molar-refractivity contribution in [1.82, 2.24) is 4.90 Å². The van der Waals surface area contributed by atoms with E-state index in [0.717, 1.165) is 12.8 Å². The molecule has 4 rings (SSSR count). The Kier molecular flexibility index (Phi) is 5.53. The van der Waals surface area contributed by atoms with Crippen molar-refractivity contribution in [3.63, 3.8) is 0 Å². The monoisotopic (exact) mass is 427 g/mol. The molecule has 30 heavy (non-hydrogen) atoms. The SMILES string of the molecule is O=C(Cc1c(F)c(F)c(F)c(F)c1F)N(Cc1ccc2c(c1)OCO2)C1CCCC1. The predicted molar refractivity (Wildman–Crippen MR) is 95.3 cm³/mol. The summed E-state index contributed by atoms with van der Waals surface area (Å²) in [7, 11) is 0. The van der Waals surface area contributed by atoms with Gasteiger partial charge in [-0.2, -0.15) is 0 Å². The normalized spacial score (nSPS) is 15.6. The Morgan fingerprint density at radius 3 is 2.17 bits per heavy atom. The molecular weight excluding hydrogens is 409 g/mol. The first-order valence-electron chi connectivity index (χ1n) is 9.55. The van der Waals surface area contributed by atoms with Crippen LogP contribution in [0.1, 0.15) is 36.8 Å². The molecule has 0 unspecified atom stereocenters. The molecule has 160 valence electrons. The van der Waals surface area contributed by atoms with Gasteiger partial charge in [0.15, 0.2) is 34.8 Å². The lowest BCUT2D eigenvalue weighted by atomic mass is 10.1. The molecule has 0 bridgehead atoms. The zero-order chi connectivity index (χ0) is 21.4. The van der Waals surface area contributed by atoms with Crippen molar-refractivity contribution in [1.29, 1.82) is 0 Å². The molecule has 1 heterocycles. The number of amides is 1. The third kappa shape index (κ3) is 3.68. The summed E-state index contributed by atoms with van der Waals surface area (Å²) >= 11 is 0. The number of hydrogen-bond acceptors (Lipinski definition) is 3. The third-order valence-corrected chi connectivity index (χ3v) is 5.50. The summed E-state index contributed by atoms with van der Waals surface area (Å²) in [6, 6.07) is 4.96. The molecule has 1 amide bonds. The molecule has 2 aliphatic rings. The Morgan fingerprint density at radius 1 is 0.900 bits per heavy atom. The molecule has 0 N–H and O–H groups in total. The predicted octanol–water partition coefficient (Wildman–Crippen LogP) is 4.62.